The molecule has 1 N–H and O–H groups in total. The largest absolute Gasteiger partial charge is 0.457 e. The van der Waals surface area contributed by atoms with Crippen molar-refractivity contribution in [1.82, 2.24) is 10.4 Å². The van der Waals surface area contributed by atoms with Gasteiger partial charge in [-0.3, -0.25) is 39.7 Å². The highest BCUT2D eigenvalue weighted by molar-refractivity contribution is 5.99. The van der Waals surface area contributed by atoms with E-state index in [4.69, 9.17) is 4.74 Å². The summed E-state index contributed by atoms with van der Waals surface area (Å²) < 4.78 is 4.98. The summed E-state index contributed by atoms with van der Waals surface area (Å²) in [6, 6.07) is 13.3. The van der Waals surface area contributed by atoms with Crippen LogP contribution >= 0.6 is 0 Å². The Labute approximate surface area is 170 Å². The first kappa shape index (κ1) is 20.6. The molecule has 1 heterocycles. The number of carbonyl (C=O) groups excluding carboxylic acids is 4. The number of amides is 2. The molecule has 0 aromatic heterocycles. The maximum absolute atomic E-state index is 12.2. The number of ether oxygens (including phenoxy) is 1. The van der Waals surface area contributed by atoms with Crippen LogP contribution in [0.4, 0.5) is 5.69 Å². The fourth-order valence-electron chi connectivity index (χ4n) is 2.88. The molecular formula is C20H17N3O7. The second-order valence-electron chi connectivity index (χ2n) is 6.55. The van der Waals surface area contributed by atoms with E-state index < -0.39 is 41.0 Å². The van der Waals surface area contributed by atoms with E-state index in [0.717, 1.165) is 11.1 Å². The lowest BCUT2D eigenvalue weighted by Crippen LogP contribution is -2.43. The molecule has 2 aromatic rings. The Hall–Kier alpha value is -4.08. The molecule has 10 nitrogen and oxygen atoms in total. The highest BCUT2D eigenvalue weighted by Gasteiger charge is 2.36. The van der Waals surface area contributed by atoms with Crippen LogP contribution in [0.5, 0.6) is 0 Å². The van der Waals surface area contributed by atoms with Gasteiger partial charge in [0.15, 0.2) is 6.61 Å². The number of non-ortho nitro benzene ring substituents is 1. The molecule has 30 heavy (non-hydrogen) atoms. The number of benzene rings is 2. The average Bonchev–Trinajstić information content (AvgIpc) is 3.12. The van der Waals surface area contributed by atoms with E-state index >= 15 is 0 Å². The van der Waals surface area contributed by atoms with E-state index in [1.165, 1.54) is 18.2 Å². The Morgan fingerprint density at radius 2 is 1.80 bits per heavy atom. The number of hydrogen-bond donors (Lipinski definition) is 1. The predicted molar refractivity (Wildman–Crippen MR) is 102 cm³/mol. The maximum atomic E-state index is 12.2. The number of Topliss-reactive ketones (excluding diaryl/α,β-unsaturated/α-hetero) is 1. The highest BCUT2D eigenvalue weighted by atomic mass is 16.6. The lowest BCUT2D eigenvalue weighted by molar-refractivity contribution is -0.384. The minimum Gasteiger partial charge on any atom is -0.457 e. The van der Waals surface area contributed by atoms with Gasteiger partial charge in [0.2, 0.25) is 11.7 Å². The fraction of sp³-hybridized carbons (Fsp3) is 0.200. The summed E-state index contributed by atoms with van der Waals surface area (Å²) in [6.07, 6.45) is -0.168. The van der Waals surface area contributed by atoms with Crippen LogP contribution in [0.3, 0.4) is 0 Å². The lowest BCUT2D eigenvalue weighted by Gasteiger charge is -2.17. The third kappa shape index (κ3) is 4.85. The molecule has 154 valence electrons. The number of nitro benzene ring substituents is 1. The van der Waals surface area contributed by atoms with Gasteiger partial charge in [-0.25, -0.2) is 0 Å². The first-order valence-corrected chi connectivity index (χ1v) is 8.96. The monoisotopic (exact) mass is 411 g/mol. The van der Waals surface area contributed by atoms with E-state index in [1.54, 1.807) is 30.3 Å². The molecule has 10 heteroatoms. The van der Waals surface area contributed by atoms with Crippen LogP contribution in [0.25, 0.3) is 0 Å². The van der Waals surface area contributed by atoms with E-state index in [-0.39, 0.29) is 24.2 Å². The number of ketones is 1. The summed E-state index contributed by atoms with van der Waals surface area (Å²) in [5.74, 6) is -3.15. The second-order valence-corrected chi connectivity index (χ2v) is 6.55. The van der Waals surface area contributed by atoms with Gasteiger partial charge in [-0.15, -0.1) is 0 Å². The topological polar surface area (TPSA) is 136 Å². The van der Waals surface area contributed by atoms with Crippen molar-refractivity contribution in [3.63, 3.8) is 0 Å². The molecule has 0 spiro atoms. The van der Waals surface area contributed by atoms with Crippen LogP contribution < -0.4 is 5.43 Å². The maximum Gasteiger partial charge on any atom is 0.311 e. The van der Waals surface area contributed by atoms with Gasteiger partial charge in [0.25, 0.3) is 11.6 Å². The molecule has 0 bridgehead atoms. The van der Waals surface area contributed by atoms with Crippen molar-refractivity contribution in [3.05, 3.63) is 75.8 Å². The number of hydrogen-bond acceptors (Lipinski definition) is 7. The zero-order valence-electron chi connectivity index (χ0n) is 15.6. The highest BCUT2D eigenvalue weighted by Crippen LogP contribution is 2.19. The van der Waals surface area contributed by atoms with E-state index in [9.17, 15) is 29.3 Å². The molecule has 2 amide bonds. The fourth-order valence-corrected chi connectivity index (χ4v) is 2.88. The first-order chi connectivity index (χ1) is 14.3. The van der Waals surface area contributed by atoms with Crippen LogP contribution in [-0.2, 0) is 14.3 Å². The van der Waals surface area contributed by atoms with E-state index in [2.05, 4.69) is 5.43 Å². The molecule has 2 aromatic carbocycles. The Morgan fingerprint density at radius 1 is 1.10 bits per heavy atom. The number of nitro groups is 1. The average molecular weight is 411 g/mol. The van der Waals surface area contributed by atoms with Crippen LogP contribution in [0.2, 0.25) is 0 Å². The molecule has 0 saturated carbocycles. The number of carbonyl (C=O) groups is 4. The molecule has 1 aliphatic rings. The third-order valence-corrected chi connectivity index (χ3v) is 4.46. The van der Waals surface area contributed by atoms with Gasteiger partial charge >= 0.3 is 5.97 Å². The minimum absolute atomic E-state index is 0.0382. The molecule has 1 unspecified atom stereocenters. The van der Waals surface area contributed by atoms with Crippen molar-refractivity contribution in [2.45, 2.75) is 6.42 Å². The molecule has 0 radical (unpaired) electrons. The van der Waals surface area contributed by atoms with Crippen molar-refractivity contribution in [2.75, 3.05) is 13.2 Å². The second kappa shape index (κ2) is 8.95. The molecule has 1 aliphatic heterocycles. The van der Waals surface area contributed by atoms with Gasteiger partial charge in [0.1, 0.15) is 0 Å². The zero-order valence-corrected chi connectivity index (χ0v) is 15.6. The van der Waals surface area contributed by atoms with E-state index in [0.29, 0.717) is 5.56 Å². The molecule has 3 rings (SSSR count). The third-order valence-electron chi connectivity index (χ3n) is 4.46. The number of nitrogens with one attached hydrogen (secondary N) is 1. The summed E-state index contributed by atoms with van der Waals surface area (Å²) >= 11 is 0. The molecule has 0 aliphatic carbocycles. The van der Waals surface area contributed by atoms with Crippen molar-refractivity contribution in [3.8, 4) is 0 Å². The Balaban J connectivity index is 1.53. The first-order valence-electron chi connectivity index (χ1n) is 8.96. The number of esters is 1. The van der Waals surface area contributed by atoms with Gasteiger partial charge < -0.3 is 4.74 Å². The van der Waals surface area contributed by atoms with Gasteiger partial charge in [-0.1, -0.05) is 30.3 Å². The van der Waals surface area contributed by atoms with Crippen molar-refractivity contribution < 1.29 is 28.8 Å². The minimum atomic E-state index is -0.841. The SMILES string of the molecule is O=C(COC(=O)C1CC(=O)N(NC(=O)c2ccccc2)C1)c1cccc([N+](=O)[O-])c1. The normalized spacial score (nSPS) is 15.5. The van der Waals surface area contributed by atoms with Crippen LogP contribution in [0.1, 0.15) is 27.1 Å². The molecule has 1 saturated heterocycles. The standard InChI is InChI=1S/C20H17N3O7/c24-17(14-7-4-8-16(9-14)23(28)29)12-30-20(27)15-10-18(25)22(11-15)21-19(26)13-5-2-1-3-6-13/h1-9,15H,10-12H2,(H,21,26). The Morgan fingerprint density at radius 3 is 2.50 bits per heavy atom. The van der Waals surface area contributed by atoms with Crippen molar-refractivity contribution in [1.29, 1.82) is 0 Å². The van der Waals surface area contributed by atoms with Crippen LogP contribution in [0.15, 0.2) is 54.6 Å². The molecular weight excluding hydrogens is 394 g/mol. The summed E-state index contributed by atoms with van der Waals surface area (Å²) in [5, 5.41) is 11.8. The van der Waals surface area contributed by atoms with Gasteiger partial charge in [-0.05, 0) is 12.1 Å². The van der Waals surface area contributed by atoms with Crippen molar-refractivity contribution in [2.24, 2.45) is 5.92 Å². The van der Waals surface area contributed by atoms with Gasteiger partial charge in [0, 0.05) is 29.7 Å². The van der Waals surface area contributed by atoms with Crippen LogP contribution in [0, 0.1) is 16.0 Å². The number of rotatable bonds is 7. The van der Waals surface area contributed by atoms with Gasteiger partial charge in [0.05, 0.1) is 17.4 Å². The molecule has 1 fully saturated rings. The predicted octanol–water partition coefficient (Wildman–Crippen LogP) is 1.51. The Kier molecular flexibility index (Phi) is 6.16. The van der Waals surface area contributed by atoms with E-state index in [1.807, 2.05) is 0 Å². The number of hydrazine groups is 1. The summed E-state index contributed by atoms with van der Waals surface area (Å²) in [7, 11) is 0. The van der Waals surface area contributed by atoms with Crippen LogP contribution in [-0.4, -0.2) is 46.7 Å². The lowest BCUT2D eigenvalue weighted by atomic mass is 10.1. The molecule has 1 atom stereocenters. The Bertz CT molecular complexity index is 1010. The van der Waals surface area contributed by atoms with Gasteiger partial charge in [-0.2, -0.15) is 0 Å². The summed E-state index contributed by atoms with van der Waals surface area (Å²) in [6.45, 7) is -0.692. The summed E-state index contributed by atoms with van der Waals surface area (Å²) in [4.78, 5) is 58.8. The zero-order chi connectivity index (χ0) is 21.7. The van der Waals surface area contributed by atoms with Crippen molar-refractivity contribution >= 4 is 29.3 Å². The quantitative estimate of drug-likeness (QED) is 0.316. The smallest absolute Gasteiger partial charge is 0.311 e. The summed E-state index contributed by atoms with van der Waals surface area (Å²) in [5.41, 5.74) is 2.59. The number of nitrogens with zero attached hydrogens (tertiary/aromatic N) is 2.